The fourth-order valence-corrected chi connectivity index (χ4v) is 3.59. The van der Waals surface area contributed by atoms with Crippen LogP contribution >= 0.6 is 0 Å². The molecule has 1 N–H and O–H groups in total. The van der Waals surface area contributed by atoms with Gasteiger partial charge in [-0.3, -0.25) is 9.67 Å². The number of rotatable bonds is 6. The molecular weight excluding hydrogens is 378 g/mol. The molecule has 0 spiro atoms. The maximum absolute atomic E-state index is 12.7. The molecule has 7 nitrogen and oxygen atoms in total. The molecule has 0 radical (unpaired) electrons. The number of aryl methyl sites for hydroxylation is 2. The zero-order chi connectivity index (χ0) is 21.1. The van der Waals surface area contributed by atoms with Gasteiger partial charge in [0.1, 0.15) is 5.56 Å². The SMILES string of the molecule is CCOC(=O)c1cnc2c(c(C)nn2C)c1NC(c1ccccc1)c1ccccn1. The van der Waals surface area contributed by atoms with Crippen molar-refractivity contribution in [1.82, 2.24) is 19.7 Å². The number of carbonyl (C=O) groups is 1. The minimum absolute atomic E-state index is 0.272. The van der Waals surface area contributed by atoms with Crippen LogP contribution in [0.2, 0.25) is 0 Å². The standard InChI is InChI=1S/C23H23N5O2/c1-4-30-23(29)17-14-25-22-19(15(2)27-28(22)3)21(17)26-20(16-10-6-5-7-11-16)18-12-8-9-13-24-18/h5-14,20H,4H2,1-3H3,(H,25,26). The zero-order valence-electron chi connectivity index (χ0n) is 17.2. The van der Waals surface area contributed by atoms with Crippen molar-refractivity contribution >= 4 is 22.7 Å². The number of anilines is 1. The largest absolute Gasteiger partial charge is 0.462 e. The molecule has 30 heavy (non-hydrogen) atoms. The zero-order valence-corrected chi connectivity index (χ0v) is 17.2. The van der Waals surface area contributed by atoms with Crippen LogP contribution < -0.4 is 5.32 Å². The molecule has 0 saturated heterocycles. The van der Waals surface area contributed by atoms with E-state index in [9.17, 15) is 4.79 Å². The second kappa shape index (κ2) is 8.32. The molecule has 0 amide bonds. The van der Waals surface area contributed by atoms with Gasteiger partial charge >= 0.3 is 5.97 Å². The Bertz CT molecular complexity index is 1130. The summed E-state index contributed by atoms with van der Waals surface area (Å²) in [4.78, 5) is 21.8. The third kappa shape index (κ3) is 3.61. The molecule has 1 unspecified atom stereocenters. The average Bonchev–Trinajstić information content (AvgIpc) is 3.07. The molecule has 0 fully saturated rings. The number of ether oxygens (including phenoxy) is 1. The molecule has 7 heteroatoms. The molecule has 4 rings (SSSR count). The first-order valence-electron chi connectivity index (χ1n) is 9.82. The maximum atomic E-state index is 12.7. The van der Waals surface area contributed by atoms with Crippen LogP contribution in [0.25, 0.3) is 11.0 Å². The fourth-order valence-electron chi connectivity index (χ4n) is 3.59. The first-order valence-corrected chi connectivity index (χ1v) is 9.82. The predicted octanol–water partition coefficient (Wildman–Crippen LogP) is 4.05. The number of esters is 1. The third-order valence-corrected chi connectivity index (χ3v) is 4.93. The van der Waals surface area contributed by atoms with Gasteiger partial charge in [-0.05, 0) is 31.5 Å². The lowest BCUT2D eigenvalue weighted by molar-refractivity contribution is 0.0527. The second-order valence-corrected chi connectivity index (χ2v) is 6.92. The van der Waals surface area contributed by atoms with Gasteiger partial charge in [0, 0.05) is 19.4 Å². The molecule has 0 aliphatic carbocycles. The number of hydrogen-bond acceptors (Lipinski definition) is 6. The second-order valence-electron chi connectivity index (χ2n) is 6.92. The highest BCUT2D eigenvalue weighted by molar-refractivity contribution is 6.05. The van der Waals surface area contributed by atoms with Gasteiger partial charge in [0.05, 0.1) is 35.1 Å². The number of fused-ring (bicyclic) bond motifs is 1. The molecule has 0 aliphatic heterocycles. The van der Waals surface area contributed by atoms with E-state index in [-0.39, 0.29) is 12.6 Å². The van der Waals surface area contributed by atoms with E-state index >= 15 is 0 Å². The van der Waals surface area contributed by atoms with Gasteiger partial charge in [0.25, 0.3) is 0 Å². The highest BCUT2D eigenvalue weighted by atomic mass is 16.5. The fraction of sp³-hybridized carbons (Fsp3) is 0.217. The van der Waals surface area contributed by atoms with Crippen LogP contribution in [0.15, 0.2) is 60.9 Å². The summed E-state index contributed by atoms with van der Waals surface area (Å²) in [7, 11) is 1.84. The number of nitrogens with one attached hydrogen (secondary N) is 1. The van der Waals surface area contributed by atoms with E-state index in [0.717, 1.165) is 22.3 Å². The van der Waals surface area contributed by atoms with Crippen molar-refractivity contribution in [2.24, 2.45) is 7.05 Å². The van der Waals surface area contributed by atoms with Crippen LogP contribution in [-0.4, -0.2) is 32.3 Å². The molecule has 3 heterocycles. The summed E-state index contributed by atoms with van der Waals surface area (Å²) in [6, 6.07) is 15.5. The van der Waals surface area contributed by atoms with Crippen LogP contribution in [-0.2, 0) is 11.8 Å². The van der Waals surface area contributed by atoms with Crippen LogP contribution in [0.5, 0.6) is 0 Å². The summed E-state index contributed by atoms with van der Waals surface area (Å²) in [5, 5.41) is 8.85. The van der Waals surface area contributed by atoms with Gasteiger partial charge in [-0.1, -0.05) is 36.4 Å². The summed E-state index contributed by atoms with van der Waals surface area (Å²) in [5.41, 5.74) is 4.35. The van der Waals surface area contributed by atoms with E-state index in [1.165, 1.54) is 0 Å². The van der Waals surface area contributed by atoms with Crippen LogP contribution in [0.3, 0.4) is 0 Å². The Kier molecular flexibility index (Phi) is 5.43. The van der Waals surface area contributed by atoms with E-state index in [1.54, 1.807) is 24.0 Å². The van der Waals surface area contributed by atoms with Crippen molar-refractivity contribution in [3.05, 3.63) is 83.4 Å². The van der Waals surface area contributed by atoms with Crippen molar-refractivity contribution in [2.45, 2.75) is 19.9 Å². The first-order chi connectivity index (χ1) is 14.6. The van der Waals surface area contributed by atoms with Crippen LogP contribution in [0, 0.1) is 6.92 Å². The number of hydrogen-bond donors (Lipinski definition) is 1. The molecular formula is C23H23N5O2. The highest BCUT2D eigenvalue weighted by Crippen LogP contribution is 2.34. The summed E-state index contributed by atoms with van der Waals surface area (Å²) >= 11 is 0. The van der Waals surface area contributed by atoms with Crippen molar-refractivity contribution in [3.8, 4) is 0 Å². The predicted molar refractivity (Wildman–Crippen MR) is 115 cm³/mol. The Morgan fingerprint density at radius 1 is 1.13 bits per heavy atom. The van der Waals surface area contributed by atoms with E-state index in [1.807, 2.05) is 62.5 Å². The molecule has 3 aromatic heterocycles. The Hall–Kier alpha value is -3.74. The summed E-state index contributed by atoms with van der Waals surface area (Å²) in [5.74, 6) is -0.425. The Labute approximate surface area is 174 Å². The van der Waals surface area contributed by atoms with E-state index in [4.69, 9.17) is 4.74 Å². The van der Waals surface area contributed by atoms with Crippen molar-refractivity contribution in [1.29, 1.82) is 0 Å². The quantitative estimate of drug-likeness (QED) is 0.491. The lowest BCUT2D eigenvalue weighted by Gasteiger charge is -2.22. The van der Waals surface area contributed by atoms with Crippen molar-refractivity contribution in [3.63, 3.8) is 0 Å². The van der Waals surface area contributed by atoms with Crippen LogP contribution in [0.1, 0.15) is 40.3 Å². The summed E-state index contributed by atoms with van der Waals surface area (Å²) in [6.45, 7) is 3.97. The van der Waals surface area contributed by atoms with E-state index in [2.05, 4.69) is 20.4 Å². The molecule has 0 saturated carbocycles. The van der Waals surface area contributed by atoms with Gasteiger partial charge in [0.15, 0.2) is 5.65 Å². The van der Waals surface area contributed by atoms with Crippen molar-refractivity contribution < 1.29 is 9.53 Å². The molecule has 152 valence electrons. The van der Waals surface area contributed by atoms with E-state index < -0.39 is 5.97 Å². The number of nitrogens with zero attached hydrogens (tertiary/aromatic N) is 4. The Morgan fingerprint density at radius 3 is 2.60 bits per heavy atom. The molecule has 0 bridgehead atoms. The van der Waals surface area contributed by atoms with Gasteiger partial charge < -0.3 is 10.1 Å². The van der Waals surface area contributed by atoms with Gasteiger partial charge in [0.2, 0.25) is 0 Å². The Morgan fingerprint density at radius 2 is 1.90 bits per heavy atom. The van der Waals surface area contributed by atoms with Gasteiger partial charge in [-0.2, -0.15) is 5.10 Å². The topological polar surface area (TPSA) is 81.9 Å². The number of carbonyl (C=O) groups excluding carboxylic acids is 1. The first kappa shape index (κ1) is 19.6. The Balaban J connectivity index is 1.91. The molecule has 1 atom stereocenters. The normalized spacial score (nSPS) is 12.0. The summed E-state index contributed by atoms with van der Waals surface area (Å²) < 4.78 is 7.01. The number of pyridine rings is 2. The van der Waals surface area contributed by atoms with Crippen LogP contribution in [0.4, 0.5) is 5.69 Å². The number of aromatic nitrogens is 4. The molecule has 0 aliphatic rings. The lowest BCUT2D eigenvalue weighted by Crippen LogP contribution is -2.17. The maximum Gasteiger partial charge on any atom is 0.341 e. The smallest absolute Gasteiger partial charge is 0.341 e. The summed E-state index contributed by atoms with van der Waals surface area (Å²) in [6.07, 6.45) is 3.31. The van der Waals surface area contributed by atoms with Crippen molar-refractivity contribution in [2.75, 3.05) is 11.9 Å². The monoisotopic (exact) mass is 401 g/mol. The minimum Gasteiger partial charge on any atom is -0.462 e. The van der Waals surface area contributed by atoms with Gasteiger partial charge in [-0.15, -0.1) is 0 Å². The van der Waals surface area contributed by atoms with E-state index in [0.29, 0.717) is 16.9 Å². The molecule has 4 aromatic rings. The number of benzene rings is 1. The highest BCUT2D eigenvalue weighted by Gasteiger charge is 2.24. The molecule has 1 aromatic carbocycles. The lowest BCUT2D eigenvalue weighted by atomic mass is 10.0. The average molecular weight is 401 g/mol. The van der Waals surface area contributed by atoms with Gasteiger partial charge in [-0.25, -0.2) is 9.78 Å². The minimum atomic E-state index is -0.425. The third-order valence-electron chi connectivity index (χ3n) is 4.93.